The number of hydrogen-bond acceptors (Lipinski definition) is 2. The van der Waals surface area contributed by atoms with Gasteiger partial charge < -0.3 is 5.32 Å². The average molecular weight is 332 g/mol. The smallest absolute Gasteiger partial charge is 0.352 e. The van der Waals surface area contributed by atoms with Crippen molar-refractivity contribution in [3.05, 3.63) is 52.3 Å². The van der Waals surface area contributed by atoms with Crippen LogP contribution in [0.4, 0.5) is 13.2 Å². The van der Waals surface area contributed by atoms with Crippen molar-refractivity contribution in [3.63, 3.8) is 0 Å². The summed E-state index contributed by atoms with van der Waals surface area (Å²) < 4.78 is 39.7. The summed E-state index contributed by atoms with van der Waals surface area (Å²) in [5, 5.41) is 6.42. The number of aryl methyl sites for hydroxylation is 1. The van der Waals surface area contributed by atoms with Crippen LogP contribution in [0.25, 0.3) is 0 Å². The second-order valence-corrected chi connectivity index (χ2v) is 5.11. The van der Waals surface area contributed by atoms with Gasteiger partial charge in [-0.1, -0.05) is 11.6 Å². The first kappa shape index (κ1) is 16.4. The fourth-order valence-corrected chi connectivity index (χ4v) is 2.17. The zero-order valence-electron chi connectivity index (χ0n) is 11.6. The molecule has 1 heterocycles. The van der Waals surface area contributed by atoms with Crippen LogP contribution in [0.2, 0.25) is 5.02 Å². The number of rotatable bonds is 4. The molecule has 22 heavy (non-hydrogen) atoms. The van der Waals surface area contributed by atoms with Gasteiger partial charge in [-0.15, -0.1) is 0 Å². The molecule has 0 unspecified atom stereocenters. The average Bonchev–Trinajstić information content (AvgIpc) is 2.82. The number of carbonyl (C=O) groups excluding carboxylic acids is 1. The van der Waals surface area contributed by atoms with Gasteiger partial charge in [0, 0.05) is 42.5 Å². The summed E-state index contributed by atoms with van der Waals surface area (Å²) in [5.41, 5.74) is -0.163. The summed E-state index contributed by atoms with van der Waals surface area (Å²) in [5.74, 6) is -0.602. The molecule has 0 atom stereocenters. The number of nitrogens with one attached hydrogen (secondary N) is 1. The Hall–Kier alpha value is -2.02. The molecule has 0 spiro atoms. The van der Waals surface area contributed by atoms with Crippen molar-refractivity contribution in [1.82, 2.24) is 15.1 Å². The highest BCUT2D eigenvalue weighted by Gasteiger charge is 2.31. The number of alkyl halides is 3. The highest BCUT2D eigenvalue weighted by atomic mass is 35.5. The summed E-state index contributed by atoms with van der Waals surface area (Å²) in [6.45, 7) is 0.284. The minimum absolute atomic E-state index is 0.121. The van der Waals surface area contributed by atoms with E-state index in [1.807, 2.05) is 0 Å². The van der Waals surface area contributed by atoms with E-state index in [0.717, 1.165) is 17.8 Å². The van der Waals surface area contributed by atoms with Gasteiger partial charge in [0.1, 0.15) is 0 Å². The van der Waals surface area contributed by atoms with Crippen LogP contribution in [0.1, 0.15) is 21.6 Å². The molecule has 0 bridgehead atoms. The van der Waals surface area contributed by atoms with E-state index >= 15 is 0 Å². The first-order valence-electron chi connectivity index (χ1n) is 6.40. The van der Waals surface area contributed by atoms with Crippen LogP contribution in [0.3, 0.4) is 0 Å². The van der Waals surface area contributed by atoms with Crippen molar-refractivity contribution in [2.45, 2.75) is 12.6 Å². The number of hydrogen-bond donors (Lipinski definition) is 1. The molecule has 0 aliphatic heterocycles. The lowest BCUT2D eigenvalue weighted by Gasteiger charge is -2.10. The van der Waals surface area contributed by atoms with Gasteiger partial charge in [0.25, 0.3) is 5.91 Å². The lowest BCUT2D eigenvalue weighted by molar-refractivity contribution is -0.137. The topological polar surface area (TPSA) is 46.9 Å². The molecule has 0 saturated carbocycles. The number of carbonyl (C=O) groups is 1. The summed E-state index contributed by atoms with van der Waals surface area (Å²) in [4.78, 5) is 11.9. The van der Waals surface area contributed by atoms with Crippen molar-refractivity contribution in [2.75, 3.05) is 6.54 Å². The maximum Gasteiger partial charge on any atom is 0.416 e. The molecular weight excluding hydrogens is 319 g/mol. The van der Waals surface area contributed by atoms with E-state index in [1.54, 1.807) is 24.0 Å². The minimum atomic E-state index is -4.55. The van der Waals surface area contributed by atoms with Gasteiger partial charge in [-0.25, -0.2) is 0 Å². The Morgan fingerprint density at radius 3 is 2.68 bits per heavy atom. The largest absolute Gasteiger partial charge is 0.416 e. The van der Waals surface area contributed by atoms with Crippen LogP contribution in [-0.4, -0.2) is 22.2 Å². The molecule has 4 nitrogen and oxygen atoms in total. The predicted octanol–water partition coefficient (Wildman–Crippen LogP) is 3.06. The van der Waals surface area contributed by atoms with Gasteiger partial charge >= 0.3 is 6.18 Å². The van der Waals surface area contributed by atoms with Crippen LogP contribution in [0.5, 0.6) is 0 Å². The predicted molar refractivity (Wildman–Crippen MR) is 75.7 cm³/mol. The van der Waals surface area contributed by atoms with E-state index in [9.17, 15) is 18.0 Å². The van der Waals surface area contributed by atoms with Crippen molar-refractivity contribution in [3.8, 4) is 0 Å². The number of aromatic nitrogens is 2. The number of halogens is 4. The van der Waals surface area contributed by atoms with E-state index in [4.69, 9.17) is 11.6 Å². The highest BCUT2D eigenvalue weighted by molar-refractivity contribution is 6.31. The second kappa shape index (κ2) is 6.39. The van der Waals surface area contributed by atoms with Crippen LogP contribution in [0, 0.1) is 0 Å². The molecule has 2 rings (SSSR count). The maximum absolute atomic E-state index is 12.7. The van der Waals surface area contributed by atoms with Gasteiger partial charge in [-0.2, -0.15) is 18.3 Å². The second-order valence-electron chi connectivity index (χ2n) is 4.68. The zero-order valence-corrected chi connectivity index (χ0v) is 12.4. The fraction of sp³-hybridized carbons (Fsp3) is 0.286. The Morgan fingerprint density at radius 2 is 2.09 bits per heavy atom. The molecule has 0 saturated heterocycles. The number of amides is 1. The molecule has 2 aromatic rings. The molecule has 0 radical (unpaired) electrons. The highest BCUT2D eigenvalue weighted by Crippen LogP contribution is 2.31. The third kappa shape index (κ3) is 4.00. The van der Waals surface area contributed by atoms with Crippen LogP contribution in [0.15, 0.2) is 30.5 Å². The van der Waals surface area contributed by atoms with E-state index in [-0.39, 0.29) is 17.1 Å². The molecule has 1 aromatic carbocycles. The summed E-state index contributed by atoms with van der Waals surface area (Å²) in [6.07, 6.45) is -2.40. The first-order valence-corrected chi connectivity index (χ1v) is 6.78. The van der Waals surface area contributed by atoms with Crippen molar-refractivity contribution in [2.24, 2.45) is 7.05 Å². The Kier molecular flexibility index (Phi) is 4.75. The van der Waals surface area contributed by atoms with E-state index in [0.29, 0.717) is 6.42 Å². The molecule has 1 N–H and O–H groups in total. The van der Waals surface area contributed by atoms with Gasteiger partial charge in [0.05, 0.1) is 5.56 Å². The maximum atomic E-state index is 12.7. The summed E-state index contributed by atoms with van der Waals surface area (Å²) >= 11 is 5.64. The quantitative estimate of drug-likeness (QED) is 0.936. The van der Waals surface area contributed by atoms with Gasteiger partial charge in [0.2, 0.25) is 0 Å². The molecule has 0 aliphatic carbocycles. The Bertz CT molecular complexity index is 682. The molecule has 118 valence electrons. The molecule has 1 amide bonds. The molecule has 8 heteroatoms. The normalized spacial score (nSPS) is 11.5. The van der Waals surface area contributed by atoms with E-state index < -0.39 is 17.6 Å². The van der Waals surface area contributed by atoms with Crippen LogP contribution < -0.4 is 5.32 Å². The third-order valence-corrected chi connectivity index (χ3v) is 3.29. The summed E-state index contributed by atoms with van der Waals surface area (Å²) in [7, 11) is 1.77. The molecule has 0 aliphatic rings. The molecule has 1 aromatic heterocycles. The summed E-state index contributed by atoms with van der Waals surface area (Å²) in [6, 6.07) is 4.57. The first-order chi connectivity index (χ1) is 10.3. The van der Waals surface area contributed by atoms with E-state index in [2.05, 4.69) is 10.4 Å². The lowest BCUT2D eigenvalue weighted by Crippen LogP contribution is -2.26. The van der Waals surface area contributed by atoms with Crippen molar-refractivity contribution >= 4 is 17.5 Å². The Morgan fingerprint density at radius 1 is 1.36 bits per heavy atom. The number of benzene rings is 1. The van der Waals surface area contributed by atoms with Gasteiger partial charge in [-0.3, -0.25) is 9.48 Å². The van der Waals surface area contributed by atoms with Crippen LogP contribution in [-0.2, 0) is 19.6 Å². The molecule has 0 fully saturated rings. The SMILES string of the molecule is Cn1nccc1CCNC(=O)c1cc(Cl)cc(C(F)(F)F)c1. The lowest BCUT2D eigenvalue weighted by atomic mass is 10.1. The van der Waals surface area contributed by atoms with Gasteiger partial charge in [-0.05, 0) is 24.3 Å². The van der Waals surface area contributed by atoms with E-state index in [1.165, 1.54) is 6.07 Å². The third-order valence-electron chi connectivity index (χ3n) is 3.08. The fourth-order valence-electron chi connectivity index (χ4n) is 1.94. The van der Waals surface area contributed by atoms with Gasteiger partial charge in [0.15, 0.2) is 0 Å². The Balaban J connectivity index is 2.03. The van der Waals surface area contributed by atoms with Crippen molar-refractivity contribution < 1.29 is 18.0 Å². The monoisotopic (exact) mass is 331 g/mol. The Labute approximate surface area is 129 Å². The standard InChI is InChI=1S/C14H13ClF3N3O/c1-21-12(3-5-20-21)2-4-19-13(22)9-6-10(14(16,17)18)8-11(15)7-9/h3,5-8H,2,4H2,1H3,(H,19,22). The minimum Gasteiger partial charge on any atom is -0.352 e. The number of nitrogens with zero attached hydrogens (tertiary/aromatic N) is 2. The van der Waals surface area contributed by atoms with Crippen LogP contribution >= 0.6 is 11.6 Å². The zero-order chi connectivity index (χ0) is 16.3. The van der Waals surface area contributed by atoms with Crippen molar-refractivity contribution in [1.29, 1.82) is 0 Å². The molecular formula is C14H13ClF3N3O.